The first-order chi connectivity index (χ1) is 12.0. The van der Waals surface area contributed by atoms with Gasteiger partial charge < -0.3 is 15.0 Å². The van der Waals surface area contributed by atoms with Gasteiger partial charge in [0.05, 0.1) is 5.92 Å². The highest BCUT2D eigenvalue weighted by Crippen LogP contribution is 2.36. The van der Waals surface area contributed by atoms with Crippen LogP contribution in [0.25, 0.3) is 0 Å². The summed E-state index contributed by atoms with van der Waals surface area (Å²) in [6, 6.07) is 0.0428. The Bertz CT molecular complexity index is 497. The van der Waals surface area contributed by atoms with E-state index in [9.17, 15) is 14.4 Å². The number of carbonyl (C=O) groups excluding carboxylic acids is 3. The van der Waals surface area contributed by atoms with Gasteiger partial charge in [0.25, 0.3) is 0 Å². The SMILES string of the molecule is CCNC(=O)N(CCCOC)C(=O)[C@@H]1C[C@@H]2CC(=O)CC[C@H]2N(C)C1. The largest absolute Gasteiger partial charge is 0.385 e. The molecule has 2 fully saturated rings. The molecule has 0 aromatic carbocycles. The summed E-state index contributed by atoms with van der Waals surface area (Å²) in [6.07, 6.45) is 3.40. The molecule has 2 rings (SSSR count). The molecule has 1 aliphatic carbocycles. The number of Topliss-reactive ketones (excluding diaryl/α,β-unsaturated/α-hetero) is 1. The van der Waals surface area contributed by atoms with Gasteiger partial charge in [0.1, 0.15) is 5.78 Å². The van der Waals surface area contributed by atoms with Crippen molar-refractivity contribution in [2.45, 2.75) is 45.1 Å². The van der Waals surface area contributed by atoms with E-state index in [0.29, 0.717) is 63.7 Å². The van der Waals surface area contributed by atoms with Crippen LogP contribution < -0.4 is 5.32 Å². The van der Waals surface area contributed by atoms with Gasteiger partial charge in [0, 0.05) is 52.2 Å². The fourth-order valence-corrected chi connectivity index (χ4v) is 4.14. The Labute approximate surface area is 150 Å². The summed E-state index contributed by atoms with van der Waals surface area (Å²) in [4.78, 5) is 40.7. The Kier molecular flexibility index (Phi) is 7.38. The van der Waals surface area contributed by atoms with Gasteiger partial charge in [0.2, 0.25) is 5.91 Å². The number of hydrogen-bond acceptors (Lipinski definition) is 5. The van der Waals surface area contributed by atoms with E-state index in [1.807, 2.05) is 14.0 Å². The third kappa shape index (κ3) is 5.01. The Morgan fingerprint density at radius 2 is 2.16 bits per heavy atom. The Morgan fingerprint density at radius 1 is 1.40 bits per heavy atom. The molecule has 25 heavy (non-hydrogen) atoms. The number of nitrogens with one attached hydrogen (secondary N) is 1. The molecule has 7 heteroatoms. The van der Waals surface area contributed by atoms with Gasteiger partial charge in [-0.15, -0.1) is 0 Å². The molecule has 3 atom stereocenters. The predicted molar refractivity (Wildman–Crippen MR) is 94.2 cm³/mol. The van der Waals surface area contributed by atoms with Crippen LogP contribution in [-0.2, 0) is 14.3 Å². The standard InChI is InChI=1S/C18H31N3O4/c1-4-19-18(24)21(8-5-9-25-3)17(23)14-10-13-11-15(22)6-7-16(13)20(2)12-14/h13-14,16H,4-12H2,1-3H3,(H,19,24)/t13-,14-,16-/m1/s1. The Morgan fingerprint density at radius 3 is 2.84 bits per heavy atom. The number of hydrogen-bond donors (Lipinski definition) is 1. The van der Waals surface area contributed by atoms with E-state index in [4.69, 9.17) is 4.74 Å². The lowest BCUT2D eigenvalue weighted by atomic mass is 9.74. The molecule has 0 unspecified atom stereocenters. The summed E-state index contributed by atoms with van der Waals surface area (Å²) < 4.78 is 5.04. The molecule has 1 saturated carbocycles. The Balaban J connectivity index is 2.06. The number of rotatable bonds is 6. The molecule has 3 amide bonds. The number of fused-ring (bicyclic) bond motifs is 1. The maximum Gasteiger partial charge on any atom is 0.324 e. The van der Waals surface area contributed by atoms with E-state index in [-0.39, 0.29) is 23.8 Å². The molecule has 0 aromatic rings. The lowest BCUT2D eigenvalue weighted by molar-refractivity contribution is -0.138. The first-order valence-corrected chi connectivity index (χ1v) is 9.28. The number of nitrogens with zero attached hydrogens (tertiary/aromatic N) is 2. The number of piperidine rings is 1. The molecule has 0 radical (unpaired) electrons. The summed E-state index contributed by atoms with van der Waals surface area (Å²) >= 11 is 0. The second-order valence-electron chi connectivity index (χ2n) is 7.15. The van der Waals surface area contributed by atoms with Crippen molar-refractivity contribution >= 4 is 17.7 Å². The minimum Gasteiger partial charge on any atom is -0.385 e. The first kappa shape index (κ1) is 19.8. The van der Waals surface area contributed by atoms with Gasteiger partial charge in [-0.3, -0.25) is 14.5 Å². The van der Waals surface area contributed by atoms with Crippen molar-refractivity contribution in [2.24, 2.45) is 11.8 Å². The molecule has 1 saturated heterocycles. The van der Waals surface area contributed by atoms with Crippen LogP contribution >= 0.6 is 0 Å². The maximum absolute atomic E-state index is 13.0. The highest BCUT2D eigenvalue weighted by Gasteiger charge is 2.42. The van der Waals surface area contributed by atoms with Crippen molar-refractivity contribution in [1.29, 1.82) is 0 Å². The summed E-state index contributed by atoms with van der Waals surface area (Å²) in [5.74, 6) is 0.153. The van der Waals surface area contributed by atoms with E-state index in [2.05, 4.69) is 10.2 Å². The number of ether oxygens (including phenoxy) is 1. The highest BCUT2D eigenvalue weighted by atomic mass is 16.5. The molecule has 7 nitrogen and oxygen atoms in total. The smallest absolute Gasteiger partial charge is 0.324 e. The van der Waals surface area contributed by atoms with E-state index in [1.54, 1.807) is 7.11 Å². The zero-order valence-electron chi connectivity index (χ0n) is 15.6. The van der Waals surface area contributed by atoms with Crippen molar-refractivity contribution in [3.8, 4) is 0 Å². The van der Waals surface area contributed by atoms with Crippen LogP contribution in [0.15, 0.2) is 0 Å². The van der Waals surface area contributed by atoms with Crippen molar-refractivity contribution in [3.63, 3.8) is 0 Å². The van der Waals surface area contributed by atoms with Crippen molar-refractivity contribution < 1.29 is 19.1 Å². The van der Waals surface area contributed by atoms with E-state index < -0.39 is 0 Å². The van der Waals surface area contributed by atoms with E-state index >= 15 is 0 Å². The van der Waals surface area contributed by atoms with Crippen LogP contribution in [0.5, 0.6) is 0 Å². The van der Waals surface area contributed by atoms with Gasteiger partial charge in [-0.05, 0) is 39.2 Å². The molecule has 0 bridgehead atoms. The van der Waals surface area contributed by atoms with Crippen LogP contribution in [0.3, 0.4) is 0 Å². The van der Waals surface area contributed by atoms with Crippen LogP contribution in [-0.4, -0.2) is 74.0 Å². The van der Waals surface area contributed by atoms with Crippen LogP contribution in [0, 0.1) is 11.8 Å². The fourth-order valence-electron chi connectivity index (χ4n) is 4.14. The van der Waals surface area contributed by atoms with Crippen LogP contribution in [0.4, 0.5) is 4.79 Å². The van der Waals surface area contributed by atoms with Gasteiger partial charge >= 0.3 is 6.03 Å². The average molecular weight is 353 g/mol. The molecular formula is C18H31N3O4. The molecular weight excluding hydrogens is 322 g/mol. The number of methoxy groups -OCH3 is 1. The number of amides is 3. The van der Waals surface area contributed by atoms with E-state index in [0.717, 1.165) is 6.42 Å². The second kappa shape index (κ2) is 9.29. The average Bonchev–Trinajstić information content (AvgIpc) is 2.58. The quantitative estimate of drug-likeness (QED) is 0.728. The number of ketones is 1. The molecule has 2 aliphatic rings. The van der Waals surface area contributed by atoms with Gasteiger partial charge in [-0.1, -0.05) is 0 Å². The van der Waals surface area contributed by atoms with Gasteiger partial charge in [-0.25, -0.2) is 4.79 Å². The van der Waals surface area contributed by atoms with Crippen molar-refractivity contribution in [3.05, 3.63) is 0 Å². The number of imide groups is 1. The van der Waals surface area contributed by atoms with Gasteiger partial charge in [-0.2, -0.15) is 0 Å². The molecule has 0 spiro atoms. The highest BCUT2D eigenvalue weighted by molar-refractivity contribution is 5.95. The normalized spacial score (nSPS) is 26.8. The predicted octanol–water partition coefficient (Wildman–Crippen LogP) is 1.27. The molecule has 1 N–H and O–H groups in total. The number of likely N-dealkylation sites (tertiary alicyclic amines) is 1. The van der Waals surface area contributed by atoms with Crippen molar-refractivity contribution in [2.75, 3.05) is 40.4 Å². The monoisotopic (exact) mass is 353 g/mol. The summed E-state index contributed by atoms with van der Waals surface area (Å²) in [6.45, 7) is 3.83. The first-order valence-electron chi connectivity index (χ1n) is 9.28. The van der Waals surface area contributed by atoms with E-state index in [1.165, 1.54) is 4.90 Å². The zero-order valence-corrected chi connectivity index (χ0v) is 15.6. The number of urea groups is 1. The van der Waals surface area contributed by atoms with Crippen LogP contribution in [0.2, 0.25) is 0 Å². The minimum absolute atomic E-state index is 0.134. The topological polar surface area (TPSA) is 79.0 Å². The maximum atomic E-state index is 13.0. The molecule has 0 aromatic heterocycles. The fraction of sp³-hybridized carbons (Fsp3) is 0.833. The summed E-state index contributed by atoms with van der Waals surface area (Å²) in [5.41, 5.74) is 0. The Hall–Kier alpha value is -1.47. The third-order valence-electron chi connectivity index (χ3n) is 5.33. The molecule has 1 heterocycles. The number of carbonyl (C=O) groups is 3. The minimum atomic E-state index is -0.340. The lowest BCUT2D eigenvalue weighted by Crippen LogP contribution is -2.55. The van der Waals surface area contributed by atoms with Gasteiger partial charge in [0.15, 0.2) is 0 Å². The molecule has 142 valence electrons. The molecule has 1 aliphatic heterocycles. The second-order valence-corrected chi connectivity index (χ2v) is 7.15. The lowest BCUT2D eigenvalue weighted by Gasteiger charge is -2.45. The van der Waals surface area contributed by atoms with Crippen LogP contribution in [0.1, 0.15) is 39.0 Å². The zero-order chi connectivity index (χ0) is 18.4. The van der Waals surface area contributed by atoms with Crippen molar-refractivity contribution in [1.82, 2.24) is 15.1 Å². The summed E-state index contributed by atoms with van der Waals surface area (Å²) in [7, 11) is 3.63. The summed E-state index contributed by atoms with van der Waals surface area (Å²) in [5, 5.41) is 2.72. The third-order valence-corrected chi connectivity index (χ3v) is 5.33.